The second kappa shape index (κ2) is 8.45. The molecule has 0 spiro atoms. The van der Waals surface area contributed by atoms with Gasteiger partial charge in [0.25, 0.3) is 0 Å². The Balaban J connectivity index is 4.60. The summed E-state index contributed by atoms with van der Waals surface area (Å²) in [5, 5.41) is 3.47. The van der Waals surface area contributed by atoms with Gasteiger partial charge in [-0.25, -0.2) is 4.79 Å². The summed E-state index contributed by atoms with van der Waals surface area (Å²) in [6.45, 7) is 3.69. The summed E-state index contributed by atoms with van der Waals surface area (Å²) < 4.78 is 9.40. The minimum absolute atomic E-state index is 0.115. The summed E-state index contributed by atoms with van der Waals surface area (Å²) in [7, 11) is 0. The number of nitrogens with zero attached hydrogens (tertiary/aromatic N) is 1. The summed E-state index contributed by atoms with van der Waals surface area (Å²) in [6, 6.07) is 0. The van der Waals surface area contributed by atoms with Gasteiger partial charge in [0, 0.05) is 0 Å². The maximum absolute atomic E-state index is 11.4. The van der Waals surface area contributed by atoms with Crippen molar-refractivity contribution in [3.63, 3.8) is 0 Å². The van der Waals surface area contributed by atoms with Crippen LogP contribution in [0.15, 0.2) is 5.10 Å². The van der Waals surface area contributed by atoms with Crippen LogP contribution in [0.2, 0.25) is 0 Å². The Kier molecular flexibility index (Phi) is 7.61. The maximum Gasteiger partial charge on any atom is 0.355 e. The average molecular weight is 261 g/mol. The third kappa shape index (κ3) is 7.23. The molecule has 0 saturated carbocycles. The Morgan fingerprint density at radius 2 is 1.88 bits per heavy atom. The highest BCUT2D eigenvalue weighted by Crippen LogP contribution is 1.94. The van der Waals surface area contributed by atoms with Crippen molar-refractivity contribution in [1.29, 1.82) is 0 Å². The zero-order valence-corrected chi connectivity index (χ0v) is 10.5. The van der Waals surface area contributed by atoms with Gasteiger partial charge in [-0.1, -0.05) is 0 Å². The van der Waals surface area contributed by atoms with Crippen LogP contribution in [0.25, 0.3) is 0 Å². The van der Waals surface area contributed by atoms with Crippen molar-refractivity contribution in [3.05, 3.63) is 0 Å². The molecule has 0 atom stereocenters. The van der Waals surface area contributed by atoms with Crippen molar-refractivity contribution in [2.45, 2.75) is 20.3 Å². The van der Waals surface area contributed by atoms with Gasteiger partial charge in [0.05, 0.1) is 19.6 Å². The topological polar surface area (TPSA) is 103 Å². The molecular formula is C9H15N3O4S. The monoisotopic (exact) mass is 261 g/mol. The number of carbonyl (C=O) groups is 2. The van der Waals surface area contributed by atoms with E-state index in [4.69, 9.17) is 10.5 Å². The van der Waals surface area contributed by atoms with Crippen LogP contribution in [-0.4, -0.2) is 36.0 Å². The molecule has 0 rings (SSSR count). The Morgan fingerprint density at radius 3 is 2.35 bits per heavy atom. The normalized spacial score (nSPS) is 10.6. The van der Waals surface area contributed by atoms with E-state index in [0.29, 0.717) is 0 Å². The molecule has 0 aromatic rings. The number of nitrogens with one attached hydrogen (secondary N) is 1. The molecule has 96 valence electrons. The van der Waals surface area contributed by atoms with Crippen molar-refractivity contribution >= 4 is 35.0 Å². The lowest BCUT2D eigenvalue weighted by atomic mass is 10.3. The number of hydrazone groups is 1. The van der Waals surface area contributed by atoms with E-state index in [0.717, 1.165) is 0 Å². The lowest BCUT2D eigenvalue weighted by molar-refractivity contribution is -0.143. The van der Waals surface area contributed by atoms with Gasteiger partial charge in [-0.15, -0.1) is 0 Å². The van der Waals surface area contributed by atoms with Gasteiger partial charge in [0.15, 0.2) is 10.8 Å². The molecule has 7 nitrogen and oxygen atoms in total. The van der Waals surface area contributed by atoms with Gasteiger partial charge < -0.3 is 15.2 Å². The molecule has 17 heavy (non-hydrogen) atoms. The third-order valence-corrected chi connectivity index (χ3v) is 1.52. The molecule has 0 aliphatic rings. The Hall–Kier alpha value is -1.70. The molecule has 0 amide bonds. The average Bonchev–Trinajstić information content (AvgIpc) is 2.24. The van der Waals surface area contributed by atoms with E-state index in [1.807, 2.05) is 0 Å². The second-order valence-electron chi connectivity index (χ2n) is 2.74. The van der Waals surface area contributed by atoms with Crippen molar-refractivity contribution in [2.75, 3.05) is 13.2 Å². The van der Waals surface area contributed by atoms with E-state index >= 15 is 0 Å². The molecule has 8 heteroatoms. The van der Waals surface area contributed by atoms with E-state index in [-0.39, 0.29) is 30.5 Å². The lowest BCUT2D eigenvalue weighted by Gasteiger charge is -2.06. The molecule has 0 aliphatic carbocycles. The number of hydrogen-bond acceptors (Lipinski definition) is 6. The summed E-state index contributed by atoms with van der Waals surface area (Å²) in [6.07, 6.45) is -0.303. The van der Waals surface area contributed by atoms with Gasteiger partial charge in [-0.05, 0) is 26.1 Å². The molecule has 0 aromatic carbocycles. The molecule has 3 N–H and O–H groups in total. The van der Waals surface area contributed by atoms with E-state index in [2.05, 4.69) is 27.5 Å². The first kappa shape index (κ1) is 15.3. The largest absolute Gasteiger partial charge is 0.466 e. The minimum atomic E-state index is -0.718. The van der Waals surface area contributed by atoms with Gasteiger partial charge in [-0.3, -0.25) is 10.2 Å². The number of carbonyl (C=O) groups excluding carboxylic acids is 2. The molecule has 0 aliphatic heterocycles. The highest BCUT2D eigenvalue weighted by molar-refractivity contribution is 7.80. The van der Waals surface area contributed by atoms with Crippen LogP contribution in [0.3, 0.4) is 0 Å². The fourth-order valence-electron chi connectivity index (χ4n) is 0.843. The number of esters is 2. The Bertz CT molecular complexity index is 330. The predicted molar refractivity (Wildman–Crippen MR) is 65.2 cm³/mol. The number of ether oxygens (including phenoxy) is 2. The van der Waals surface area contributed by atoms with Crippen LogP contribution in [0.5, 0.6) is 0 Å². The summed E-state index contributed by atoms with van der Waals surface area (Å²) in [5.74, 6) is -1.30. The van der Waals surface area contributed by atoms with Gasteiger partial charge >= 0.3 is 11.9 Å². The molecule has 0 saturated heterocycles. The number of rotatable bonds is 6. The third-order valence-electron chi connectivity index (χ3n) is 1.43. The number of hydrogen-bond donors (Lipinski definition) is 2. The van der Waals surface area contributed by atoms with Crippen molar-refractivity contribution in [2.24, 2.45) is 10.8 Å². The summed E-state index contributed by atoms with van der Waals surface area (Å²) >= 11 is 4.52. The molecule has 0 radical (unpaired) electrons. The van der Waals surface area contributed by atoms with Crippen LogP contribution in [-0.2, 0) is 19.1 Å². The van der Waals surface area contributed by atoms with Crippen LogP contribution in [0.1, 0.15) is 20.3 Å². The molecule has 0 bridgehead atoms. The lowest BCUT2D eigenvalue weighted by Crippen LogP contribution is -2.29. The SMILES string of the molecule is CCOC(=O)C/C(=N\NC(N)=S)C(=O)OCC. The predicted octanol–water partition coefficient (Wildman–Crippen LogP) is -0.308. The standard InChI is InChI=1S/C9H15N3O4S/c1-3-15-7(13)5-6(8(14)16-4-2)11-12-9(10)17/h3-5H2,1-2H3,(H3,10,12,17)/b11-6+. The second-order valence-corrected chi connectivity index (χ2v) is 3.18. The maximum atomic E-state index is 11.4. The minimum Gasteiger partial charge on any atom is -0.466 e. The van der Waals surface area contributed by atoms with E-state index < -0.39 is 11.9 Å². The quantitative estimate of drug-likeness (QED) is 0.292. The first-order chi connectivity index (χ1) is 8.01. The van der Waals surface area contributed by atoms with Crippen LogP contribution in [0, 0.1) is 0 Å². The zero-order chi connectivity index (χ0) is 13.3. The van der Waals surface area contributed by atoms with E-state index in [1.54, 1.807) is 13.8 Å². The Labute approximate surface area is 104 Å². The van der Waals surface area contributed by atoms with Crippen LogP contribution < -0.4 is 11.2 Å². The fourth-order valence-corrected chi connectivity index (χ4v) is 0.889. The molecule has 0 aromatic heterocycles. The van der Waals surface area contributed by atoms with E-state index in [1.165, 1.54) is 0 Å². The molecule has 0 unspecified atom stereocenters. The van der Waals surface area contributed by atoms with Gasteiger partial charge in [0.1, 0.15) is 0 Å². The Morgan fingerprint density at radius 1 is 1.29 bits per heavy atom. The number of nitrogens with two attached hydrogens (primary N) is 1. The van der Waals surface area contributed by atoms with Crippen molar-refractivity contribution < 1.29 is 19.1 Å². The summed E-state index contributed by atoms with van der Waals surface area (Å²) in [5.41, 5.74) is 7.23. The molecular weight excluding hydrogens is 246 g/mol. The first-order valence-corrected chi connectivity index (χ1v) is 5.36. The van der Waals surface area contributed by atoms with E-state index in [9.17, 15) is 9.59 Å². The highest BCUT2D eigenvalue weighted by Gasteiger charge is 2.18. The van der Waals surface area contributed by atoms with Gasteiger partial charge in [0.2, 0.25) is 0 Å². The number of thiocarbonyl (C=S) groups is 1. The summed E-state index contributed by atoms with van der Waals surface area (Å²) in [4.78, 5) is 22.6. The van der Waals surface area contributed by atoms with Crippen molar-refractivity contribution in [3.8, 4) is 0 Å². The molecule has 0 fully saturated rings. The van der Waals surface area contributed by atoms with Crippen LogP contribution in [0.4, 0.5) is 0 Å². The van der Waals surface area contributed by atoms with Crippen molar-refractivity contribution in [1.82, 2.24) is 5.43 Å². The van der Waals surface area contributed by atoms with Crippen LogP contribution >= 0.6 is 12.2 Å². The zero-order valence-electron chi connectivity index (χ0n) is 9.69. The first-order valence-electron chi connectivity index (χ1n) is 4.96. The fraction of sp³-hybridized carbons (Fsp3) is 0.556. The highest BCUT2D eigenvalue weighted by atomic mass is 32.1. The van der Waals surface area contributed by atoms with Gasteiger partial charge in [-0.2, -0.15) is 5.10 Å². The molecule has 0 heterocycles. The smallest absolute Gasteiger partial charge is 0.355 e.